The number of halogens is 3. The summed E-state index contributed by atoms with van der Waals surface area (Å²) in [5.74, 6) is -1.63. The van der Waals surface area contributed by atoms with Crippen molar-refractivity contribution in [2.24, 2.45) is 11.3 Å². The molecule has 1 saturated carbocycles. The topological polar surface area (TPSA) is 60.2 Å². The molecule has 2 aliphatic rings. The molecule has 1 aromatic rings. The number of hydrogen-bond donors (Lipinski definition) is 0. The number of nitrogens with zero attached hydrogens (tertiary/aromatic N) is 4. The molecule has 2 fully saturated rings. The van der Waals surface area contributed by atoms with Crippen molar-refractivity contribution in [3.63, 3.8) is 0 Å². The van der Waals surface area contributed by atoms with Gasteiger partial charge in [0.25, 0.3) is 0 Å². The number of carbonyl (C=O) groups is 1. The van der Waals surface area contributed by atoms with Crippen LogP contribution in [0.5, 0.6) is 0 Å². The number of piperidine rings is 1. The summed E-state index contributed by atoms with van der Waals surface area (Å²) in [5.41, 5.74) is -0.0325. The number of carbonyl (C=O) groups excluding carboxylic acids is 1. The Labute approximate surface area is 144 Å². The third-order valence-electron chi connectivity index (χ3n) is 5.58. The van der Waals surface area contributed by atoms with Crippen LogP contribution in [0.4, 0.5) is 13.2 Å². The number of hydroxylamine groups is 2. The lowest BCUT2D eigenvalue weighted by molar-refractivity contribution is -0.246. The molecule has 6 nitrogen and oxygen atoms in total. The number of alkyl halides is 3. The maximum absolute atomic E-state index is 12.4. The molecule has 0 N–H and O–H groups in total. The van der Waals surface area contributed by atoms with Crippen molar-refractivity contribution in [1.82, 2.24) is 19.8 Å². The van der Waals surface area contributed by atoms with Crippen molar-refractivity contribution in [2.75, 3.05) is 13.1 Å². The van der Waals surface area contributed by atoms with E-state index < -0.39 is 12.1 Å². The summed E-state index contributed by atoms with van der Waals surface area (Å²) in [4.78, 5) is 19.5. The van der Waals surface area contributed by atoms with Crippen LogP contribution in [0.2, 0.25) is 0 Å². The van der Waals surface area contributed by atoms with Crippen LogP contribution in [0.3, 0.4) is 0 Å². The highest BCUT2D eigenvalue weighted by Gasteiger charge is 2.46. The zero-order valence-electron chi connectivity index (χ0n) is 14.0. The van der Waals surface area contributed by atoms with E-state index in [0.29, 0.717) is 38.4 Å². The molecule has 140 valence electrons. The summed E-state index contributed by atoms with van der Waals surface area (Å²) in [7, 11) is 0. The molecule has 0 spiro atoms. The van der Waals surface area contributed by atoms with Gasteiger partial charge in [-0.3, -0.25) is 4.68 Å². The standard InChI is InChI=1S/C16H23F3N4O2/c17-16(18,19)14(24)25-23-8-6-15(7-9-23,10-22-12-20-11-21-22)13-4-2-1-3-5-13/h11-13H,1-10H2. The molecule has 2 heterocycles. The average Bonchev–Trinajstić information content (AvgIpc) is 3.09. The van der Waals surface area contributed by atoms with Gasteiger partial charge in [-0.2, -0.15) is 18.3 Å². The van der Waals surface area contributed by atoms with Crippen molar-refractivity contribution in [1.29, 1.82) is 0 Å². The minimum absolute atomic E-state index is 0.0325. The Morgan fingerprint density at radius 2 is 1.88 bits per heavy atom. The third kappa shape index (κ3) is 4.31. The van der Waals surface area contributed by atoms with E-state index in [-0.39, 0.29) is 5.41 Å². The summed E-state index contributed by atoms with van der Waals surface area (Å²) in [6.07, 6.45) is 5.48. The second-order valence-electron chi connectivity index (χ2n) is 7.10. The molecule has 9 heteroatoms. The lowest BCUT2D eigenvalue weighted by Crippen LogP contribution is -2.48. The van der Waals surface area contributed by atoms with Crippen LogP contribution in [-0.4, -0.2) is 45.1 Å². The van der Waals surface area contributed by atoms with E-state index in [1.807, 2.05) is 4.68 Å². The molecule has 0 aromatic carbocycles. The minimum atomic E-state index is -4.96. The highest BCUT2D eigenvalue weighted by Crippen LogP contribution is 2.47. The van der Waals surface area contributed by atoms with E-state index in [1.165, 1.54) is 25.6 Å². The molecule has 0 amide bonds. The summed E-state index contributed by atoms with van der Waals surface area (Å²) >= 11 is 0. The molecule has 0 unspecified atom stereocenters. The lowest BCUT2D eigenvalue weighted by atomic mass is 9.64. The van der Waals surface area contributed by atoms with Crippen molar-refractivity contribution in [2.45, 2.75) is 57.7 Å². The minimum Gasteiger partial charge on any atom is -0.361 e. The van der Waals surface area contributed by atoms with E-state index in [1.54, 1.807) is 6.33 Å². The van der Waals surface area contributed by atoms with Gasteiger partial charge in [-0.15, -0.1) is 5.06 Å². The van der Waals surface area contributed by atoms with Gasteiger partial charge in [0.05, 0.1) is 0 Å². The Balaban J connectivity index is 1.67. The molecule has 0 bridgehead atoms. The summed E-state index contributed by atoms with van der Waals surface area (Å²) in [6, 6.07) is 0. The van der Waals surface area contributed by atoms with Crippen LogP contribution >= 0.6 is 0 Å². The third-order valence-corrected chi connectivity index (χ3v) is 5.58. The van der Waals surface area contributed by atoms with E-state index in [2.05, 4.69) is 14.9 Å². The van der Waals surface area contributed by atoms with Gasteiger partial charge in [0.2, 0.25) is 0 Å². The first kappa shape index (κ1) is 18.2. The van der Waals surface area contributed by atoms with Gasteiger partial charge in [0.1, 0.15) is 12.7 Å². The Morgan fingerprint density at radius 3 is 2.44 bits per heavy atom. The fourth-order valence-corrected chi connectivity index (χ4v) is 4.24. The summed E-state index contributed by atoms with van der Waals surface area (Å²) in [5, 5.41) is 5.36. The smallest absolute Gasteiger partial charge is 0.361 e. The number of aromatic nitrogens is 3. The first-order valence-corrected chi connectivity index (χ1v) is 8.76. The maximum Gasteiger partial charge on any atom is 0.492 e. The van der Waals surface area contributed by atoms with E-state index in [4.69, 9.17) is 0 Å². The SMILES string of the molecule is O=C(ON1CCC(Cn2cncn2)(C2CCCCC2)CC1)C(F)(F)F. The molecular formula is C16H23F3N4O2. The molecule has 1 aromatic heterocycles. The predicted molar refractivity (Wildman–Crippen MR) is 82.0 cm³/mol. The van der Waals surface area contributed by atoms with E-state index >= 15 is 0 Å². The second kappa shape index (κ2) is 7.31. The van der Waals surface area contributed by atoms with Crippen LogP contribution in [0.15, 0.2) is 12.7 Å². The Hall–Kier alpha value is -1.64. The van der Waals surface area contributed by atoms with Crippen molar-refractivity contribution in [3.05, 3.63) is 12.7 Å². The van der Waals surface area contributed by atoms with Crippen LogP contribution in [0, 0.1) is 11.3 Å². The van der Waals surface area contributed by atoms with Gasteiger partial charge in [0, 0.05) is 19.6 Å². The highest BCUT2D eigenvalue weighted by molar-refractivity contribution is 5.75. The largest absolute Gasteiger partial charge is 0.492 e. The van der Waals surface area contributed by atoms with Crippen molar-refractivity contribution < 1.29 is 22.8 Å². The monoisotopic (exact) mass is 360 g/mol. The zero-order chi connectivity index (χ0) is 17.9. The molecular weight excluding hydrogens is 337 g/mol. The van der Waals surface area contributed by atoms with Crippen molar-refractivity contribution in [3.8, 4) is 0 Å². The quantitative estimate of drug-likeness (QED) is 0.826. The first-order valence-electron chi connectivity index (χ1n) is 8.76. The van der Waals surface area contributed by atoms with E-state index in [9.17, 15) is 18.0 Å². The Morgan fingerprint density at radius 1 is 1.20 bits per heavy atom. The second-order valence-corrected chi connectivity index (χ2v) is 7.10. The van der Waals surface area contributed by atoms with Gasteiger partial charge in [-0.05, 0) is 37.0 Å². The molecule has 0 radical (unpaired) electrons. The zero-order valence-corrected chi connectivity index (χ0v) is 14.0. The average molecular weight is 360 g/mol. The molecule has 25 heavy (non-hydrogen) atoms. The fraction of sp³-hybridized carbons (Fsp3) is 0.812. The number of hydrogen-bond acceptors (Lipinski definition) is 5. The molecule has 0 atom stereocenters. The van der Waals surface area contributed by atoms with E-state index in [0.717, 1.165) is 17.9 Å². The Bertz CT molecular complexity index is 562. The predicted octanol–water partition coefficient (Wildman–Crippen LogP) is 2.96. The van der Waals surface area contributed by atoms with Gasteiger partial charge in [-0.25, -0.2) is 9.78 Å². The van der Waals surface area contributed by atoms with Gasteiger partial charge >= 0.3 is 12.1 Å². The van der Waals surface area contributed by atoms with Gasteiger partial charge in [0.15, 0.2) is 0 Å². The van der Waals surface area contributed by atoms with Crippen LogP contribution in [-0.2, 0) is 16.2 Å². The van der Waals surface area contributed by atoms with Crippen LogP contribution in [0.1, 0.15) is 44.9 Å². The summed E-state index contributed by atoms with van der Waals surface area (Å²) < 4.78 is 38.9. The number of rotatable bonds is 4. The normalized spacial score (nSPS) is 22.7. The van der Waals surface area contributed by atoms with Gasteiger partial charge < -0.3 is 4.84 Å². The molecule has 3 rings (SSSR count). The molecule has 1 saturated heterocycles. The Kier molecular flexibility index (Phi) is 5.31. The maximum atomic E-state index is 12.4. The lowest BCUT2D eigenvalue weighted by Gasteiger charge is -2.47. The fourth-order valence-electron chi connectivity index (χ4n) is 4.24. The first-order chi connectivity index (χ1) is 11.9. The van der Waals surface area contributed by atoms with Gasteiger partial charge in [-0.1, -0.05) is 19.3 Å². The van der Waals surface area contributed by atoms with Crippen LogP contribution in [0.25, 0.3) is 0 Å². The molecule has 1 aliphatic carbocycles. The van der Waals surface area contributed by atoms with Crippen LogP contribution < -0.4 is 0 Å². The van der Waals surface area contributed by atoms with Crippen molar-refractivity contribution >= 4 is 5.97 Å². The summed E-state index contributed by atoms with van der Waals surface area (Å²) in [6.45, 7) is 1.33. The molecule has 1 aliphatic heterocycles. The highest BCUT2D eigenvalue weighted by atomic mass is 19.4.